The van der Waals surface area contributed by atoms with Crippen molar-refractivity contribution in [1.82, 2.24) is 25.0 Å². The zero-order valence-electron chi connectivity index (χ0n) is 17.7. The Hall–Kier alpha value is -4.93. The van der Waals surface area contributed by atoms with Crippen LogP contribution in [0.15, 0.2) is 66.7 Å². The van der Waals surface area contributed by atoms with Gasteiger partial charge in [0.2, 0.25) is 0 Å². The first-order chi connectivity index (χ1) is 16.4. The van der Waals surface area contributed by atoms with E-state index in [2.05, 4.69) is 25.6 Å². The molecule has 2 heterocycles. The van der Waals surface area contributed by atoms with Crippen molar-refractivity contribution in [3.8, 4) is 17.1 Å². The van der Waals surface area contributed by atoms with Crippen LogP contribution >= 0.6 is 0 Å². The van der Waals surface area contributed by atoms with Gasteiger partial charge in [-0.3, -0.25) is 14.9 Å². The molecule has 0 bridgehead atoms. The third-order valence-corrected chi connectivity index (χ3v) is 5.25. The van der Waals surface area contributed by atoms with Crippen LogP contribution in [0.25, 0.3) is 28.1 Å². The Kier molecular flexibility index (Phi) is 5.05. The number of imidazole rings is 1. The molecule has 5 rings (SSSR count). The van der Waals surface area contributed by atoms with Crippen LogP contribution in [-0.4, -0.2) is 35.8 Å². The first-order valence-electron chi connectivity index (χ1n) is 10.1. The summed E-state index contributed by atoms with van der Waals surface area (Å²) in [7, 11) is 0. The number of nitrogens with zero attached hydrogens (tertiary/aromatic N) is 5. The minimum absolute atomic E-state index is 0.0863. The third kappa shape index (κ3) is 3.86. The zero-order valence-corrected chi connectivity index (χ0v) is 17.7. The molecule has 0 fully saturated rings. The molecule has 0 aliphatic rings. The fourth-order valence-electron chi connectivity index (χ4n) is 3.54. The van der Waals surface area contributed by atoms with Crippen LogP contribution in [0.2, 0.25) is 0 Å². The molecular formula is C23H16FN7O3. The van der Waals surface area contributed by atoms with Gasteiger partial charge in [-0.15, -0.1) is 5.10 Å². The molecule has 0 atom stereocenters. The van der Waals surface area contributed by atoms with Crippen LogP contribution in [0.3, 0.4) is 0 Å². The second-order valence-electron chi connectivity index (χ2n) is 7.49. The molecule has 0 radical (unpaired) electrons. The fourth-order valence-corrected chi connectivity index (χ4v) is 3.54. The van der Waals surface area contributed by atoms with Crippen LogP contribution in [-0.2, 0) is 0 Å². The van der Waals surface area contributed by atoms with Gasteiger partial charge in [-0.1, -0.05) is 11.3 Å². The summed E-state index contributed by atoms with van der Waals surface area (Å²) in [6.45, 7) is 1.65. The summed E-state index contributed by atoms with van der Waals surface area (Å²) in [5, 5.41) is 21.8. The average molecular weight is 457 g/mol. The number of nitro groups is 1. The number of aromatic amines is 1. The quantitative estimate of drug-likeness (QED) is 0.297. The molecule has 0 saturated carbocycles. The summed E-state index contributed by atoms with van der Waals surface area (Å²) in [5.74, 6) is -0.233. The van der Waals surface area contributed by atoms with Gasteiger partial charge in [-0.25, -0.2) is 14.1 Å². The smallest absolute Gasteiger partial charge is 0.278 e. The number of fused-ring (bicyclic) bond motifs is 1. The van der Waals surface area contributed by atoms with Gasteiger partial charge in [-0.2, -0.15) is 0 Å². The number of nitrogens with one attached hydrogen (secondary N) is 2. The molecule has 0 saturated heterocycles. The van der Waals surface area contributed by atoms with E-state index in [-0.39, 0.29) is 17.2 Å². The number of benzene rings is 3. The lowest BCUT2D eigenvalue weighted by Gasteiger charge is -2.05. The molecule has 1 amide bonds. The zero-order chi connectivity index (χ0) is 23.8. The van der Waals surface area contributed by atoms with Crippen molar-refractivity contribution in [3.63, 3.8) is 0 Å². The number of non-ortho nitro benzene ring substituents is 1. The number of halogens is 1. The number of carbonyl (C=O) groups excluding carboxylic acids is 1. The van der Waals surface area contributed by atoms with Crippen molar-refractivity contribution in [2.24, 2.45) is 0 Å². The van der Waals surface area contributed by atoms with E-state index >= 15 is 0 Å². The largest absolute Gasteiger partial charge is 0.338 e. The van der Waals surface area contributed by atoms with Gasteiger partial charge in [0.15, 0.2) is 5.69 Å². The number of carbonyl (C=O) groups is 1. The molecule has 10 nitrogen and oxygen atoms in total. The Balaban J connectivity index is 1.39. The second-order valence-corrected chi connectivity index (χ2v) is 7.49. The molecule has 0 aliphatic carbocycles. The summed E-state index contributed by atoms with van der Waals surface area (Å²) in [6.07, 6.45) is 0. The summed E-state index contributed by atoms with van der Waals surface area (Å²) in [4.78, 5) is 31.1. The van der Waals surface area contributed by atoms with Gasteiger partial charge in [0.05, 0.1) is 27.3 Å². The van der Waals surface area contributed by atoms with Gasteiger partial charge >= 0.3 is 0 Å². The lowest BCUT2D eigenvalue weighted by molar-refractivity contribution is -0.384. The Morgan fingerprint density at radius 1 is 1.12 bits per heavy atom. The molecular weight excluding hydrogens is 441 g/mol. The standard InChI is InChI=1S/C23H16FN7O3/c1-13-21(28-29-30(13)17-3-2-4-18(12-17)31(33)34)23(32)25-16-9-10-19-20(11-16)27-22(26-19)14-5-7-15(24)8-6-14/h2-12H,1H3,(H,25,32)(H,26,27). The minimum Gasteiger partial charge on any atom is -0.338 e. The SMILES string of the molecule is Cc1c(C(=O)Nc2ccc3nc(-c4ccc(F)cc4)[nH]c3c2)nnn1-c1cccc([N+](=O)[O-])c1. The van der Waals surface area contributed by atoms with Gasteiger partial charge in [0, 0.05) is 23.4 Å². The van der Waals surface area contributed by atoms with Crippen molar-refractivity contribution < 1.29 is 14.1 Å². The predicted molar refractivity (Wildman–Crippen MR) is 122 cm³/mol. The Morgan fingerprint density at radius 3 is 2.68 bits per heavy atom. The van der Waals surface area contributed by atoms with E-state index < -0.39 is 10.8 Å². The molecule has 5 aromatic rings. The highest BCUT2D eigenvalue weighted by atomic mass is 19.1. The van der Waals surface area contributed by atoms with Crippen LogP contribution in [0, 0.1) is 22.9 Å². The molecule has 3 aromatic carbocycles. The van der Waals surface area contributed by atoms with Crippen LogP contribution < -0.4 is 5.32 Å². The van der Waals surface area contributed by atoms with Crippen molar-refractivity contribution in [2.45, 2.75) is 6.92 Å². The molecule has 11 heteroatoms. The van der Waals surface area contributed by atoms with E-state index in [4.69, 9.17) is 0 Å². The van der Waals surface area contributed by atoms with Gasteiger partial charge < -0.3 is 10.3 Å². The van der Waals surface area contributed by atoms with Crippen molar-refractivity contribution >= 4 is 28.3 Å². The molecule has 2 N–H and O–H groups in total. The second kappa shape index (κ2) is 8.20. The maximum absolute atomic E-state index is 13.2. The summed E-state index contributed by atoms with van der Waals surface area (Å²) >= 11 is 0. The Labute approximate surface area is 191 Å². The summed E-state index contributed by atoms with van der Waals surface area (Å²) < 4.78 is 14.6. The minimum atomic E-state index is -0.503. The molecule has 168 valence electrons. The average Bonchev–Trinajstić information content (AvgIpc) is 3.43. The predicted octanol–water partition coefficient (Wildman–Crippen LogP) is 4.42. The highest BCUT2D eigenvalue weighted by molar-refractivity contribution is 6.04. The summed E-state index contributed by atoms with van der Waals surface area (Å²) in [5.41, 5.74) is 3.46. The van der Waals surface area contributed by atoms with E-state index in [1.807, 2.05) is 0 Å². The van der Waals surface area contributed by atoms with Gasteiger partial charge in [0.25, 0.3) is 11.6 Å². The van der Waals surface area contributed by atoms with E-state index in [0.717, 1.165) is 5.56 Å². The maximum atomic E-state index is 13.2. The molecule has 0 unspecified atom stereocenters. The van der Waals surface area contributed by atoms with E-state index in [9.17, 15) is 19.3 Å². The maximum Gasteiger partial charge on any atom is 0.278 e. The number of nitro benzene ring substituents is 1. The first kappa shape index (κ1) is 20.9. The van der Waals surface area contributed by atoms with Crippen molar-refractivity contribution in [2.75, 3.05) is 5.32 Å². The van der Waals surface area contributed by atoms with Crippen LogP contribution in [0.4, 0.5) is 15.8 Å². The molecule has 2 aromatic heterocycles. The number of rotatable bonds is 5. The highest BCUT2D eigenvalue weighted by Crippen LogP contribution is 2.24. The normalized spacial score (nSPS) is 11.0. The van der Waals surface area contributed by atoms with Crippen molar-refractivity contribution in [1.29, 1.82) is 0 Å². The monoisotopic (exact) mass is 457 g/mol. The summed E-state index contributed by atoms with van der Waals surface area (Å²) in [6, 6.07) is 17.1. The number of aromatic nitrogens is 5. The van der Waals surface area contributed by atoms with Crippen LogP contribution in [0.1, 0.15) is 16.2 Å². The number of amides is 1. The molecule has 0 spiro atoms. The van der Waals surface area contributed by atoms with Crippen LogP contribution in [0.5, 0.6) is 0 Å². The fraction of sp³-hybridized carbons (Fsp3) is 0.0435. The first-order valence-corrected chi connectivity index (χ1v) is 10.1. The van der Waals surface area contributed by atoms with Gasteiger partial charge in [0.1, 0.15) is 11.6 Å². The van der Waals surface area contributed by atoms with E-state index in [1.165, 1.54) is 35.0 Å². The molecule has 0 aliphatic heterocycles. The third-order valence-electron chi connectivity index (χ3n) is 5.25. The number of hydrogen-bond acceptors (Lipinski definition) is 6. The van der Waals surface area contributed by atoms with Crippen molar-refractivity contribution in [3.05, 3.63) is 94.0 Å². The number of H-pyrrole nitrogens is 1. The van der Waals surface area contributed by atoms with Gasteiger partial charge in [-0.05, 0) is 55.5 Å². The van der Waals surface area contributed by atoms with E-state index in [0.29, 0.717) is 33.9 Å². The lowest BCUT2D eigenvalue weighted by Crippen LogP contribution is -2.14. The molecule has 34 heavy (non-hydrogen) atoms. The number of anilines is 1. The highest BCUT2D eigenvalue weighted by Gasteiger charge is 2.19. The Bertz CT molecular complexity index is 1560. The number of hydrogen-bond donors (Lipinski definition) is 2. The topological polar surface area (TPSA) is 132 Å². The van der Waals surface area contributed by atoms with E-state index in [1.54, 1.807) is 43.3 Å². The Morgan fingerprint density at radius 2 is 1.91 bits per heavy atom. The lowest BCUT2D eigenvalue weighted by atomic mass is 10.2.